The summed E-state index contributed by atoms with van der Waals surface area (Å²) >= 11 is 9.58. The Morgan fingerprint density at radius 3 is 1.84 bits per heavy atom. The van der Waals surface area contributed by atoms with Crippen LogP contribution in [0, 0.1) is 13.8 Å². The Labute approximate surface area is 284 Å². The predicted octanol–water partition coefficient (Wildman–Crippen LogP) is 7.24. The zero-order chi connectivity index (χ0) is 32.0. The monoisotopic (exact) mass is 684 g/mol. The number of aryl methyl sites for hydroxylation is 3. The number of hydrogen-bond acceptors (Lipinski definition) is 6. The van der Waals surface area contributed by atoms with Crippen molar-refractivity contribution >= 4 is 81.6 Å². The Morgan fingerprint density at radius 2 is 1.22 bits per heavy atom. The van der Waals surface area contributed by atoms with Crippen molar-refractivity contribution in [3.63, 3.8) is 0 Å². The molecule has 1 unspecified atom stereocenters. The van der Waals surface area contributed by atoms with Crippen LogP contribution in [0.15, 0.2) is 24.3 Å². The van der Waals surface area contributed by atoms with Gasteiger partial charge in [0.2, 0.25) is 0 Å². The Balaban J connectivity index is 0.00000461. The second kappa shape index (κ2) is 13.6. The maximum absolute atomic E-state index is 11.6. The van der Waals surface area contributed by atoms with Crippen LogP contribution in [0.1, 0.15) is 97.2 Å². The van der Waals surface area contributed by atoms with E-state index in [1.807, 2.05) is 65.8 Å². The van der Waals surface area contributed by atoms with E-state index in [0.29, 0.717) is 35.3 Å². The molecule has 8 nitrogen and oxygen atoms in total. The number of aromatic nitrogens is 4. The van der Waals surface area contributed by atoms with E-state index in [-0.39, 0.29) is 40.4 Å². The molecular formula is C34H36FeN4O4S2. The Kier molecular flexibility index (Phi) is 10.5. The number of nitrogens with zero attached hydrogens (tertiary/aromatic N) is 4. The van der Waals surface area contributed by atoms with E-state index in [0.717, 1.165) is 67.0 Å². The zero-order valence-corrected chi connectivity index (χ0v) is 28.9. The van der Waals surface area contributed by atoms with Crippen LogP contribution in [0.25, 0.3) is 44.4 Å². The standard InChI is InChI=1S/C34H38N4O4S2.Fe/c1-15-21(7-9-31(39)40)27-14-28-22(8-10-32(41)42)16(2)24(36-28)12-29-34(20(6)44)18(4)26(38-29)13-30-33(19(5)43)17(3)25(37-30)11-23(15)35-27;/h11-14,19-20H,7-10H2,1-6H3,(H6,35,36,37,38,39,40,41,42,43,44);/q;+2/p-2/t19?,20-;/m0./s1. The van der Waals surface area contributed by atoms with Crippen molar-refractivity contribution in [1.82, 2.24) is 19.9 Å². The van der Waals surface area contributed by atoms with E-state index >= 15 is 0 Å². The molecule has 0 aliphatic carbocycles. The number of thiol groups is 2. The molecule has 0 radical (unpaired) electrons. The summed E-state index contributed by atoms with van der Waals surface area (Å²) in [7, 11) is 0. The summed E-state index contributed by atoms with van der Waals surface area (Å²) in [5, 5.41) is 18.8. The molecule has 2 N–H and O–H groups in total. The largest absolute Gasteiger partial charge is 2.00 e. The van der Waals surface area contributed by atoms with E-state index in [1.165, 1.54) is 0 Å². The minimum Gasteiger partial charge on any atom is -0.657 e. The first kappa shape index (κ1) is 34.6. The normalized spacial score (nSPS) is 14.4. The van der Waals surface area contributed by atoms with Gasteiger partial charge in [-0.25, -0.2) is 9.97 Å². The summed E-state index contributed by atoms with van der Waals surface area (Å²) < 4.78 is 0. The van der Waals surface area contributed by atoms with Crippen LogP contribution in [0.2, 0.25) is 0 Å². The van der Waals surface area contributed by atoms with Crippen LogP contribution in [0.3, 0.4) is 0 Å². The third-order valence-electron chi connectivity index (χ3n) is 8.49. The van der Waals surface area contributed by atoms with Gasteiger partial charge in [-0.05, 0) is 82.2 Å². The van der Waals surface area contributed by atoms with Crippen molar-refractivity contribution in [3.8, 4) is 0 Å². The van der Waals surface area contributed by atoms with Gasteiger partial charge in [-0.1, -0.05) is 41.0 Å². The van der Waals surface area contributed by atoms with Gasteiger partial charge in [0.25, 0.3) is 0 Å². The minimum absolute atomic E-state index is 0. The van der Waals surface area contributed by atoms with Gasteiger partial charge in [-0.2, -0.15) is 25.3 Å². The number of fused-ring (bicyclic) bond motifs is 8. The summed E-state index contributed by atoms with van der Waals surface area (Å²) in [5.41, 5.74) is 13.1. The zero-order valence-electron chi connectivity index (χ0n) is 26.0. The van der Waals surface area contributed by atoms with Gasteiger partial charge >= 0.3 is 29.0 Å². The molecule has 45 heavy (non-hydrogen) atoms. The molecule has 5 heterocycles. The molecule has 236 valence electrons. The molecular weight excluding hydrogens is 648 g/mol. The van der Waals surface area contributed by atoms with E-state index in [9.17, 15) is 19.8 Å². The minimum atomic E-state index is -0.895. The Morgan fingerprint density at radius 1 is 0.711 bits per heavy atom. The number of rotatable bonds is 8. The number of carboxylic acids is 2. The molecule has 5 rings (SSSR count). The van der Waals surface area contributed by atoms with Crippen molar-refractivity contribution in [2.45, 2.75) is 77.7 Å². The SMILES string of the molecule is CC1=C(CCC(=O)O)c2cc3[n-]c(cc4nc(cc5[n-]c(cc1n2)c(C)c5C(C)S)C(C)=C4[C@H](C)S)c(C)c3CCC(=O)O.[Fe+2]. The molecule has 8 bridgehead atoms. The molecule has 11 heteroatoms. The Bertz CT molecular complexity index is 1940. The topological polar surface area (TPSA) is 129 Å². The molecule has 2 atom stereocenters. The molecule has 0 saturated heterocycles. The summed E-state index contributed by atoms with van der Waals surface area (Å²) in [5.74, 6) is -1.79. The molecule has 2 aliphatic heterocycles. The van der Waals surface area contributed by atoms with Crippen molar-refractivity contribution in [2.75, 3.05) is 0 Å². The van der Waals surface area contributed by atoms with Crippen LogP contribution < -0.4 is 9.97 Å². The van der Waals surface area contributed by atoms with E-state index in [2.05, 4.69) is 0 Å². The van der Waals surface area contributed by atoms with E-state index < -0.39 is 11.9 Å². The van der Waals surface area contributed by atoms with Crippen LogP contribution in [0.5, 0.6) is 0 Å². The quantitative estimate of drug-likeness (QED) is 0.145. The number of allylic oxidation sites excluding steroid dienone is 3. The fourth-order valence-electron chi connectivity index (χ4n) is 6.15. The summed E-state index contributed by atoms with van der Waals surface area (Å²) in [6, 6.07) is 7.75. The second-order valence-corrected chi connectivity index (χ2v) is 13.1. The average Bonchev–Trinajstić information content (AvgIpc) is 3.59. The number of carboxylic acid groups (broad SMARTS) is 2. The average molecular weight is 685 g/mol. The van der Waals surface area contributed by atoms with Crippen molar-refractivity contribution < 1.29 is 36.9 Å². The van der Waals surface area contributed by atoms with Gasteiger partial charge in [-0.3, -0.25) is 9.59 Å². The first-order valence-electron chi connectivity index (χ1n) is 14.6. The van der Waals surface area contributed by atoms with Gasteiger partial charge in [0.05, 0.1) is 22.8 Å². The molecule has 0 saturated carbocycles. The molecule has 0 amide bonds. The maximum Gasteiger partial charge on any atom is 2.00 e. The predicted molar refractivity (Wildman–Crippen MR) is 182 cm³/mol. The number of carbonyl (C=O) groups is 2. The van der Waals surface area contributed by atoms with Crippen molar-refractivity contribution in [2.24, 2.45) is 0 Å². The summed E-state index contributed by atoms with van der Waals surface area (Å²) in [4.78, 5) is 43.1. The molecule has 2 aliphatic rings. The summed E-state index contributed by atoms with van der Waals surface area (Å²) in [6.07, 6.45) is 0.495. The molecule has 0 aromatic carbocycles. The smallest absolute Gasteiger partial charge is 0.657 e. The van der Waals surface area contributed by atoms with Gasteiger partial charge in [0, 0.05) is 23.3 Å². The maximum atomic E-state index is 11.6. The van der Waals surface area contributed by atoms with Crippen molar-refractivity contribution in [3.05, 3.63) is 69.3 Å². The number of aliphatic carboxylic acids is 2. The van der Waals surface area contributed by atoms with E-state index in [4.69, 9.17) is 45.2 Å². The van der Waals surface area contributed by atoms with Gasteiger partial charge in [0.15, 0.2) is 0 Å². The molecule has 0 spiro atoms. The van der Waals surface area contributed by atoms with Crippen LogP contribution >= 0.6 is 25.3 Å². The first-order chi connectivity index (χ1) is 20.8. The van der Waals surface area contributed by atoms with E-state index in [1.54, 1.807) is 0 Å². The molecule has 3 aromatic rings. The molecule has 3 aromatic heterocycles. The number of hydrogen-bond donors (Lipinski definition) is 4. The third-order valence-corrected chi connectivity index (χ3v) is 9.01. The van der Waals surface area contributed by atoms with Crippen LogP contribution in [-0.4, -0.2) is 37.4 Å². The first-order valence-corrected chi connectivity index (χ1v) is 15.6. The molecule has 0 fully saturated rings. The van der Waals surface area contributed by atoms with Gasteiger partial charge in [-0.15, -0.1) is 22.1 Å². The fraction of sp³-hybridized carbons (Fsp3) is 0.353. The van der Waals surface area contributed by atoms with Crippen LogP contribution in [0.4, 0.5) is 0 Å². The third kappa shape index (κ3) is 6.82. The van der Waals surface area contributed by atoms with Crippen molar-refractivity contribution in [1.29, 1.82) is 0 Å². The van der Waals surface area contributed by atoms with Gasteiger partial charge < -0.3 is 20.2 Å². The van der Waals surface area contributed by atoms with Crippen LogP contribution in [-0.2, 0) is 33.1 Å². The van der Waals surface area contributed by atoms with Gasteiger partial charge in [0.1, 0.15) is 0 Å². The Hall–Kier alpha value is -3.24. The fourth-order valence-corrected chi connectivity index (χ4v) is 6.80. The summed E-state index contributed by atoms with van der Waals surface area (Å²) in [6.45, 7) is 12.0. The second-order valence-electron chi connectivity index (χ2n) is 11.5.